The lowest BCUT2D eigenvalue weighted by atomic mass is 10.1. The first kappa shape index (κ1) is 19.5. The lowest BCUT2D eigenvalue weighted by Crippen LogP contribution is -2.50. The van der Waals surface area contributed by atoms with Crippen LogP contribution in [-0.4, -0.2) is 50.1 Å². The molecule has 2 N–H and O–H groups in total. The molecule has 0 aliphatic carbocycles. The molecule has 3 amide bonds. The van der Waals surface area contributed by atoms with Crippen LogP contribution >= 0.6 is 0 Å². The number of hydrogen-bond donors (Lipinski definition) is 2. The molecule has 2 aromatic rings. The number of rotatable bonds is 4. The Morgan fingerprint density at radius 3 is 2.29 bits per heavy atom. The van der Waals surface area contributed by atoms with E-state index in [-0.39, 0.29) is 11.9 Å². The molecule has 148 valence electrons. The van der Waals surface area contributed by atoms with E-state index in [1.165, 1.54) is 12.5 Å². The molecule has 1 saturated heterocycles. The SMILES string of the molecule is COc1ccc(C)cc1N1CCN(C(=O)Nc2cccc(NC(C)=O)c2)CC1. The topological polar surface area (TPSA) is 73.9 Å². The van der Waals surface area contributed by atoms with Gasteiger partial charge in [0.1, 0.15) is 5.75 Å². The fourth-order valence-corrected chi connectivity index (χ4v) is 3.28. The molecule has 0 unspecified atom stereocenters. The number of nitrogens with one attached hydrogen (secondary N) is 2. The van der Waals surface area contributed by atoms with Crippen molar-refractivity contribution in [2.24, 2.45) is 0 Å². The Balaban J connectivity index is 1.60. The average molecular weight is 382 g/mol. The van der Waals surface area contributed by atoms with Crippen molar-refractivity contribution in [3.8, 4) is 5.75 Å². The van der Waals surface area contributed by atoms with Crippen LogP contribution in [0.2, 0.25) is 0 Å². The molecule has 0 saturated carbocycles. The van der Waals surface area contributed by atoms with Crippen LogP contribution in [0.4, 0.5) is 21.9 Å². The summed E-state index contributed by atoms with van der Waals surface area (Å²) in [5, 5.41) is 5.62. The Bertz CT molecular complexity index is 860. The van der Waals surface area contributed by atoms with Gasteiger partial charge in [0.25, 0.3) is 0 Å². The Morgan fingerprint density at radius 1 is 0.964 bits per heavy atom. The van der Waals surface area contributed by atoms with E-state index in [0.717, 1.165) is 24.5 Å². The predicted molar refractivity (Wildman–Crippen MR) is 111 cm³/mol. The summed E-state index contributed by atoms with van der Waals surface area (Å²) in [6.07, 6.45) is 0. The highest BCUT2D eigenvalue weighted by Gasteiger charge is 2.23. The number of carbonyl (C=O) groups is 2. The molecule has 2 aromatic carbocycles. The first-order valence-corrected chi connectivity index (χ1v) is 9.29. The van der Waals surface area contributed by atoms with Crippen molar-refractivity contribution in [2.75, 3.05) is 48.8 Å². The molecule has 7 heteroatoms. The predicted octanol–water partition coefficient (Wildman–Crippen LogP) is 3.32. The fraction of sp³-hybridized carbons (Fsp3) is 0.333. The van der Waals surface area contributed by atoms with Crippen LogP contribution in [0, 0.1) is 6.92 Å². The lowest BCUT2D eigenvalue weighted by Gasteiger charge is -2.36. The van der Waals surface area contributed by atoms with Crippen LogP contribution in [0.5, 0.6) is 5.75 Å². The normalized spacial score (nSPS) is 13.8. The van der Waals surface area contributed by atoms with E-state index in [9.17, 15) is 9.59 Å². The summed E-state index contributed by atoms with van der Waals surface area (Å²) in [6.45, 7) is 6.22. The Morgan fingerprint density at radius 2 is 1.64 bits per heavy atom. The highest BCUT2D eigenvalue weighted by molar-refractivity contribution is 5.92. The fourth-order valence-electron chi connectivity index (χ4n) is 3.28. The zero-order valence-electron chi connectivity index (χ0n) is 16.5. The van der Waals surface area contributed by atoms with Gasteiger partial charge in [-0.1, -0.05) is 12.1 Å². The maximum Gasteiger partial charge on any atom is 0.321 e. The van der Waals surface area contributed by atoms with Crippen LogP contribution in [0.25, 0.3) is 0 Å². The summed E-state index contributed by atoms with van der Waals surface area (Å²) in [5.74, 6) is 0.699. The minimum atomic E-state index is -0.147. The van der Waals surface area contributed by atoms with Crippen molar-refractivity contribution < 1.29 is 14.3 Å². The molecule has 7 nitrogen and oxygen atoms in total. The third kappa shape index (κ3) is 4.73. The number of aryl methyl sites for hydroxylation is 1. The molecule has 1 aliphatic rings. The third-order valence-corrected chi connectivity index (χ3v) is 4.68. The Hall–Kier alpha value is -3.22. The van der Waals surface area contributed by atoms with Gasteiger partial charge in [-0.2, -0.15) is 0 Å². The second-order valence-electron chi connectivity index (χ2n) is 6.84. The third-order valence-electron chi connectivity index (χ3n) is 4.68. The molecule has 1 aliphatic heterocycles. The van der Waals surface area contributed by atoms with E-state index in [1.807, 2.05) is 12.1 Å². The van der Waals surface area contributed by atoms with Crippen LogP contribution in [0.1, 0.15) is 12.5 Å². The van der Waals surface area contributed by atoms with Crippen molar-refractivity contribution in [3.05, 3.63) is 48.0 Å². The van der Waals surface area contributed by atoms with Crippen molar-refractivity contribution in [1.29, 1.82) is 0 Å². The van der Waals surface area contributed by atoms with E-state index in [2.05, 4.69) is 28.5 Å². The van der Waals surface area contributed by atoms with Crippen molar-refractivity contribution in [1.82, 2.24) is 4.90 Å². The van der Waals surface area contributed by atoms with Gasteiger partial charge in [0.05, 0.1) is 12.8 Å². The molecular weight excluding hydrogens is 356 g/mol. The second-order valence-corrected chi connectivity index (χ2v) is 6.84. The number of ether oxygens (including phenoxy) is 1. The van der Waals surface area contributed by atoms with Crippen LogP contribution < -0.4 is 20.3 Å². The highest BCUT2D eigenvalue weighted by atomic mass is 16.5. The largest absolute Gasteiger partial charge is 0.495 e. The zero-order valence-corrected chi connectivity index (χ0v) is 16.5. The van der Waals surface area contributed by atoms with Gasteiger partial charge >= 0.3 is 6.03 Å². The summed E-state index contributed by atoms with van der Waals surface area (Å²) in [4.78, 5) is 27.8. The van der Waals surface area contributed by atoms with E-state index in [1.54, 1.807) is 36.3 Å². The maximum absolute atomic E-state index is 12.6. The molecule has 0 atom stereocenters. The standard InChI is InChI=1S/C21H26N4O3/c1-15-7-8-20(28-3)19(13-15)24-9-11-25(12-10-24)21(27)23-18-6-4-5-17(14-18)22-16(2)26/h4-8,13-14H,9-12H2,1-3H3,(H,22,26)(H,23,27). The van der Waals surface area contributed by atoms with Gasteiger partial charge in [-0.25, -0.2) is 4.79 Å². The van der Waals surface area contributed by atoms with Crippen molar-refractivity contribution >= 4 is 29.0 Å². The summed E-state index contributed by atoms with van der Waals surface area (Å²) >= 11 is 0. The summed E-state index contributed by atoms with van der Waals surface area (Å²) < 4.78 is 5.48. The Labute approximate surface area is 165 Å². The second kappa shape index (κ2) is 8.65. The number of methoxy groups -OCH3 is 1. The van der Waals surface area contributed by atoms with Crippen LogP contribution in [0.15, 0.2) is 42.5 Å². The van der Waals surface area contributed by atoms with Gasteiger partial charge in [0.2, 0.25) is 5.91 Å². The molecular formula is C21H26N4O3. The molecule has 28 heavy (non-hydrogen) atoms. The van der Waals surface area contributed by atoms with E-state index in [4.69, 9.17) is 4.74 Å². The Kier molecular flexibility index (Phi) is 6.03. The van der Waals surface area contributed by atoms with Gasteiger partial charge in [-0.05, 0) is 42.8 Å². The van der Waals surface area contributed by atoms with E-state index < -0.39 is 0 Å². The number of benzene rings is 2. The quantitative estimate of drug-likeness (QED) is 0.851. The number of carbonyl (C=O) groups excluding carboxylic acids is 2. The first-order valence-electron chi connectivity index (χ1n) is 9.29. The monoisotopic (exact) mass is 382 g/mol. The molecule has 0 spiro atoms. The summed E-state index contributed by atoms with van der Waals surface area (Å²) in [5.41, 5.74) is 3.54. The van der Waals surface area contributed by atoms with Crippen molar-refractivity contribution in [2.45, 2.75) is 13.8 Å². The summed E-state index contributed by atoms with van der Waals surface area (Å²) in [6, 6.07) is 13.1. The van der Waals surface area contributed by atoms with Gasteiger partial charge in [-0.3, -0.25) is 4.79 Å². The molecule has 3 rings (SSSR count). The van der Waals surface area contributed by atoms with Gasteiger partial charge in [0.15, 0.2) is 0 Å². The molecule has 1 heterocycles. The maximum atomic E-state index is 12.6. The number of urea groups is 1. The number of anilines is 3. The smallest absolute Gasteiger partial charge is 0.321 e. The molecule has 0 aromatic heterocycles. The van der Waals surface area contributed by atoms with Crippen LogP contribution in [-0.2, 0) is 4.79 Å². The van der Waals surface area contributed by atoms with Gasteiger partial charge < -0.3 is 25.2 Å². The molecule has 0 bridgehead atoms. The van der Waals surface area contributed by atoms with Gasteiger partial charge in [0, 0.05) is 44.5 Å². The molecule has 0 radical (unpaired) electrons. The number of nitrogens with zero attached hydrogens (tertiary/aromatic N) is 2. The van der Waals surface area contributed by atoms with Gasteiger partial charge in [-0.15, -0.1) is 0 Å². The minimum absolute atomic E-state index is 0.143. The molecule has 1 fully saturated rings. The zero-order chi connectivity index (χ0) is 20.1. The lowest BCUT2D eigenvalue weighted by molar-refractivity contribution is -0.114. The number of hydrogen-bond acceptors (Lipinski definition) is 4. The summed E-state index contributed by atoms with van der Waals surface area (Å²) in [7, 11) is 1.67. The van der Waals surface area contributed by atoms with Crippen LogP contribution in [0.3, 0.4) is 0 Å². The highest BCUT2D eigenvalue weighted by Crippen LogP contribution is 2.30. The first-order chi connectivity index (χ1) is 13.5. The van der Waals surface area contributed by atoms with E-state index in [0.29, 0.717) is 24.5 Å². The average Bonchev–Trinajstić information content (AvgIpc) is 2.68. The number of piperazine rings is 1. The van der Waals surface area contributed by atoms with E-state index >= 15 is 0 Å². The number of amides is 3. The van der Waals surface area contributed by atoms with Crippen molar-refractivity contribution in [3.63, 3.8) is 0 Å². The minimum Gasteiger partial charge on any atom is -0.495 e.